The molecule has 18 heavy (non-hydrogen) atoms. The molecule has 0 heterocycles. The van der Waals surface area contributed by atoms with Crippen LogP contribution in [0.1, 0.15) is 15.9 Å². The number of amides is 1. The van der Waals surface area contributed by atoms with Crippen LogP contribution in [0.3, 0.4) is 0 Å². The number of rotatable bonds is 2. The van der Waals surface area contributed by atoms with Gasteiger partial charge in [0.25, 0.3) is 5.91 Å². The quantitative estimate of drug-likeness (QED) is 0.708. The fourth-order valence-electron chi connectivity index (χ4n) is 1.67. The fraction of sp³-hybridized carbons (Fsp3) is 0.0714. The monoisotopic (exact) mass is 242 g/mol. The lowest BCUT2D eigenvalue weighted by atomic mass is 10.1. The Morgan fingerprint density at radius 3 is 2.72 bits per heavy atom. The van der Waals surface area contributed by atoms with Crippen LogP contribution in [0.5, 0.6) is 5.75 Å². The van der Waals surface area contributed by atoms with Gasteiger partial charge in [-0.3, -0.25) is 4.79 Å². The van der Waals surface area contributed by atoms with E-state index in [2.05, 4.69) is 5.32 Å². The van der Waals surface area contributed by atoms with Gasteiger partial charge >= 0.3 is 0 Å². The van der Waals surface area contributed by atoms with Crippen molar-refractivity contribution < 1.29 is 9.90 Å². The predicted octanol–water partition coefficient (Wildman–Crippen LogP) is 2.54. The minimum atomic E-state index is -0.245. The first-order valence-corrected chi connectivity index (χ1v) is 5.53. The van der Waals surface area contributed by atoms with E-state index in [9.17, 15) is 9.90 Å². The Kier molecular flexibility index (Phi) is 3.19. The predicted molar refractivity (Wildman–Crippen MR) is 71.7 cm³/mol. The van der Waals surface area contributed by atoms with E-state index in [1.54, 1.807) is 36.4 Å². The van der Waals surface area contributed by atoms with Crippen LogP contribution in [0.15, 0.2) is 42.5 Å². The van der Waals surface area contributed by atoms with Crippen LogP contribution in [0.2, 0.25) is 0 Å². The lowest BCUT2D eigenvalue weighted by Crippen LogP contribution is -2.13. The summed E-state index contributed by atoms with van der Waals surface area (Å²) < 4.78 is 0. The Hall–Kier alpha value is -2.49. The van der Waals surface area contributed by atoms with Crippen molar-refractivity contribution in [1.82, 2.24) is 0 Å². The third-order valence-electron chi connectivity index (χ3n) is 2.61. The molecule has 4 heteroatoms. The SMILES string of the molecule is Cc1ccc(N)cc1C(=O)Nc1cccc(O)c1. The molecule has 4 N–H and O–H groups in total. The molecule has 4 nitrogen and oxygen atoms in total. The maximum Gasteiger partial charge on any atom is 0.256 e. The molecule has 0 bridgehead atoms. The number of carbonyl (C=O) groups is 1. The highest BCUT2D eigenvalue weighted by atomic mass is 16.3. The van der Waals surface area contributed by atoms with E-state index in [0.717, 1.165) is 5.56 Å². The summed E-state index contributed by atoms with van der Waals surface area (Å²) >= 11 is 0. The van der Waals surface area contributed by atoms with Gasteiger partial charge in [0.2, 0.25) is 0 Å². The molecule has 1 amide bonds. The molecule has 0 unspecified atom stereocenters. The molecule has 2 rings (SSSR count). The van der Waals surface area contributed by atoms with Gasteiger partial charge in [0.1, 0.15) is 5.75 Å². The van der Waals surface area contributed by atoms with Crippen molar-refractivity contribution in [1.29, 1.82) is 0 Å². The fourth-order valence-corrected chi connectivity index (χ4v) is 1.67. The molecule has 2 aromatic rings. The second-order valence-electron chi connectivity index (χ2n) is 4.08. The third-order valence-corrected chi connectivity index (χ3v) is 2.61. The van der Waals surface area contributed by atoms with Gasteiger partial charge in [-0.05, 0) is 36.8 Å². The van der Waals surface area contributed by atoms with Crippen molar-refractivity contribution in [2.75, 3.05) is 11.1 Å². The number of nitrogen functional groups attached to an aromatic ring is 1. The molecule has 0 fully saturated rings. The number of benzene rings is 2. The number of nitrogens with two attached hydrogens (primary N) is 1. The summed E-state index contributed by atoms with van der Waals surface area (Å²) in [4.78, 5) is 12.1. The first-order chi connectivity index (χ1) is 8.56. The number of nitrogens with one attached hydrogen (secondary N) is 1. The van der Waals surface area contributed by atoms with Crippen LogP contribution in [-0.4, -0.2) is 11.0 Å². The lowest BCUT2D eigenvalue weighted by molar-refractivity contribution is 0.102. The first kappa shape index (κ1) is 12.0. The summed E-state index contributed by atoms with van der Waals surface area (Å²) in [5.41, 5.74) is 8.12. The largest absolute Gasteiger partial charge is 0.508 e. The number of anilines is 2. The molecule has 0 aliphatic rings. The highest BCUT2D eigenvalue weighted by molar-refractivity contribution is 6.05. The molecular formula is C14H14N2O2. The lowest BCUT2D eigenvalue weighted by Gasteiger charge is -2.08. The van der Waals surface area contributed by atoms with Gasteiger partial charge < -0.3 is 16.2 Å². The Morgan fingerprint density at radius 1 is 1.22 bits per heavy atom. The Labute approximate surface area is 105 Å². The van der Waals surface area contributed by atoms with E-state index in [0.29, 0.717) is 16.9 Å². The summed E-state index contributed by atoms with van der Waals surface area (Å²) in [5.74, 6) is -0.137. The number of hydrogen-bond donors (Lipinski definition) is 3. The van der Waals surface area contributed by atoms with Crippen molar-refractivity contribution in [2.45, 2.75) is 6.92 Å². The maximum atomic E-state index is 12.1. The minimum Gasteiger partial charge on any atom is -0.508 e. The second kappa shape index (κ2) is 4.79. The summed E-state index contributed by atoms with van der Waals surface area (Å²) in [7, 11) is 0. The van der Waals surface area contributed by atoms with E-state index in [1.807, 2.05) is 6.92 Å². The molecule has 2 aromatic carbocycles. The van der Waals surface area contributed by atoms with Gasteiger partial charge in [-0.25, -0.2) is 0 Å². The van der Waals surface area contributed by atoms with Crippen LogP contribution in [0, 0.1) is 6.92 Å². The zero-order valence-corrected chi connectivity index (χ0v) is 9.97. The first-order valence-electron chi connectivity index (χ1n) is 5.53. The van der Waals surface area contributed by atoms with Gasteiger partial charge in [0.15, 0.2) is 0 Å². The van der Waals surface area contributed by atoms with Gasteiger partial charge in [-0.15, -0.1) is 0 Å². The normalized spacial score (nSPS) is 10.1. The zero-order chi connectivity index (χ0) is 13.1. The van der Waals surface area contributed by atoms with Crippen molar-refractivity contribution in [3.8, 4) is 5.75 Å². The number of hydrogen-bond acceptors (Lipinski definition) is 3. The van der Waals surface area contributed by atoms with E-state index in [4.69, 9.17) is 5.73 Å². The maximum absolute atomic E-state index is 12.1. The van der Waals surface area contributed by atoms with Crippen LogP contribution >= 0.6 is 0 Å². The summed E-state index contributed by atoms with van der Waals surface area (Å²) in [6, 6.07) is 11.6. The number of phenolic OH excluding ortho intramolecular Hbond substituents is 1. The minimum absolute atomic E-state index is 0.108. The van der Waals surface area contributed by atoms with Crippen LogP contribution in [0.25, 0.3) is 0 Å². The van der Waals surface area contributed by atoms with Crippen LogP contribution in [0.4, 0.5) is 11.4 Å². The molecule has 92 valence electrons. The standard InChI is InChI=1S/C14H14N2O2/c1-9-5-6-10(15)7-13(9)14(18)16-11-3-2-4-12(17)8-11/h2-8,17H,15H2,1H3,(H,16,18). The topological polar surface area (TPSA) is 75.4 Å². The highest BCUT2D eigenvalue weighted by Crippen LogP contribution is 2.18. The molecule has 0 atom stereocenters. The van der Waals surface area contributed by atoms with E-state index in [-0.39, 0.29) is 11.7 Å². The van der Waals surface area contributed by atoms with Crippen molar-refractivity contribution in [3.05, 3.63) is 53.6 Å². The molecule has 0 radical (unpaired) electrons. The number of phenols is 1. The summed E-state index contributed by atoms with van der Waals surface area (Å²) in [6.45, 7) is 1.84. The number of aryl methyl sites for hydroxylation is 1. The smallest absolute Gasteiger partial charge is 0.256 e. The molecular weight excluding hydrogens is 228 g/mol. The zero-order valence-electron chi connectivity index (χ0n) is 9.97. The van der Waals surface area contributed by atoms with E-state index < -0.39 is 0 Å². The molecule has 0 aliphatic heterocycles. The van der Waals surface area contributed by atoms with Gasteiger partial charge in [0.05, 0.1) is 0 Å². The number of aromatic hydroxyl groups is 1. The van der Waals surface area contributed by atoms with Crippen molar-refractivity contribution >= 4 is 17.3 Å². The van der Waals surface area contributed by atoms with E-state index >= 15 is 0 Å². The average molecular weight is 242 g/mol. The van der Waals surface area contributed by atoms with E-state index in [1.165, 1.54) is 6.07 Å². The van der Waals surface area contributed by atoms with Crippen LogP contribution in [-0.2, 0) is 0 Å². The van der Waals surface area contributed by atoms with Gasteiger partial charge in [0, 0.05) is 23.0 Å². The average Bonchev–Trinajstić information content (AvgIpc) is 2.32. The Morgan fingerprint density at radius 2 is 2.00 bits per heavy atom. The molecule has 0 aromatic heterocycles. The molecule has 0 saturated heterocycles. The van der Waals surface area contributed by atoms with Gasteiger partial charge in [-0.2, -0.15) is 0 Å². The van der Waals surface area contributed by atoms with Gasteiger partial charge in [-0.1, -0.05) is 12.1 Å². The second-order valence-corrected chi connectivity index (χ2v) is 4.08. The summed E-state index contributed by atoms with van der Waals surface area (Å²) in [6.07, 6.45) is 0. The molecule has 0 aliphatic carbocycles. The Balaban J connectivity index is 2.24. The third kappa shape index (κ3) is 2.60. The summed E-state index contributed by atoms with van der Waals surface area (Å²) in [5, 5.41) is 12.0. The van der Waals surface area contributed by atoms with Crippen LogP contribution < -0.4 is 11.1 Å². The van der Waals surface area contributed by atoms with Crippen molar-refractivity contribution in [2.24, 2.45) is 0 Å². The number of carbonyl (C=O) groups excluding carboxylic acids is 1. The molecule has 0 saturated carbocycles. The molecule has 0 spiro atoms. The Bertz CT molecular complexity index is 594. The van der Waals surface area contributed by atoms with Crippen molar-refractivity contribution in [3.63, 3.8) is 0 Å². The highest BCUT2D eigenvalue weighted by Gasteiger charge is 2.09.